The second-order valence-electron chi connectivity index (χ2n) is 4.74. The van der Waals surface area contributed by atoms with Crippen LogP contribution in [0.1, 0.15) is 25.7 Å². The van der Waals surface area contributed by atoms with Crippen LogP contribution in [0.15, 0.2) is 0 Å². The number of carbonyl (C=O) groups is 1. The van der Waals surface area contributed by atoms with E-state index in [1.54, 1.807) is 0 Å². The van der Waals surface area contributed by atoms with Gasteiger partial charge in [-0.25, -0.2) is 0 Å². The highest BCUT2D eigenvalue weighted by Crippen LogP contribution is 2.19. The molecule has 0 unspecified atom stereocenters. The van der Waals surface area contributed by atoms with Gasteiger partial charge in [0.25, 0.3) is 0 Å². The molecule has 0 aromatic rings. The molecule has 2 aliphatic rings. The molecule has 0 bridgehead atoms. The van der Waals surface area contributed by atoms with E-state index in [1.807, 2.05) is 0 Å². The molecule has 0 atom stereocenters. The predicted molar refractivity (Wildman–Crippen MR) is 57.4 cm³/mol. The lowest BCUT2D eigenvalue weighted by Crippen LogP contribution is -2.42. The smallest absolute Gasteiger partial charge is 0.234 e. The number of amides is 1. The molecule has 2 rings (SSSR count). The van der Waals surface area contributed by atoms with Gasteiger partial charge < -0.3 is 10.4 Å². The number of likely N-dealkylation sites (tertiary alicyclic amines) is 1. The number of hydrogen-bond acceptors (Lipinski definition) is 3. The standard InChI is InChI=1S/C11H20N2O2/c14-8-9-3-5-13(6-4-9)7-11(15)12-10-1-2-10/h9-10,14H,1-8H2,(H,12,15). The maximum absolute atomic E-state index is 11.5. The van der Waals surface area contributed by atoms with Gasteiger partial charge in [0.2, 0.25) is 5.91 Å². The van der Waals surface area contributed by atoms with E-state index in [0.29, 0.717) is 25.1 Å². The topological polar surface area (TPSA) is 52.6 Å². The largest absolute Gasteiger partial charge is 0.396 e. The van der Waals surface area contributed by atoms with Gasteiger partial charge in [0.1, 0.15) is 0 Å². The molecule has 15 heavy (non-hydrogen) atoms. The Kier molecular flexibility index (Phi) is 3.59. The third kappa shape index (κ3) is 3.47. The normalized spacial score (nSPS) is 24.1. The summed E-state index contributed by atoms with van der Waals surface area (Å²) < 4.78 is 0. The molecule has 1 aliphatic carbocycles. The summed E-state index contributed by atoms with van der Waals surface area (Å²) in [7, 11) is 0. The highest BCUT2D eigenvalue weighted by atomic mass is 16.3. The van der Waals surface area contributed by atoms with Gasteiger partial charge in [0.05, 0.1) is 6.54 Å². The number of rotatable bonds is 4. The Labute approximate surface area is 90.6 Å². The molecule has 4 nitrogen and oxygen atoms in total. The summed E-state index contributed by atoms with van der Waals surface area (Å²) >= 11 is 0. The van der Waals surface area contributed by atoms with E-state index in [9.17, 15) is 4.79 Å². The molecule has 2 fully saturated rings. The Morgan fingerprint density at radius 1 is 1.27 bits per heavy atom. The molecule has 0 aromatic heterocycles. The highest BCUT2D eigenvalue weighted by molar-refractivity contribution is 5.78. The van der Waals surface area contributed by atoms with Crippen LogP contribution in [0.25, 0.3) is 0 Å². The number of aliphatic hydroxyl groups is 1. The summed E-state index contributed by atoms with van der Waals surface area (Å²) in [5.74, 6) is 0.618. The summed E-state index contributed by atoms with van der Waals surface area (Å²) in [5.41, 5.74) is 0. The molecular formula is C11H20N2O2. The van der Waals surface area contributed by atoms with Crippen LogP contribution in [0.2, 0.25) is 0 Å². The molecule has 0 aromatic carbocycles. The number of nitrogens with zero attached hydrogens (tertiary/aromatic N) is 1. The van der Waals surface area contributed by atoms with Crippen LogP contribution in [0.5, 0.6) is 0 Å². The number of nitrogens with one attached hydrogen (secondary N) is 1. The molecule has 1 aliphatic heterocycles. The van der Waals surface area contributed by atoms with Crippen molar-refractivity contribution in [2.75, 3.05) is 26.2 Å². The molecule has 2 N–H and O–H groups in total. The van der Waals surface area contributed by atoms with Gasteiger partial charge in [-0.1, -0.05) is 0 Å². The van der Waals surface area contributed by atoms with Gasteiger partial charge in [-0.2, -0.15) is 0 Å². The maximum atomic E-state index is 11.5. The molecule has 0 radical (unpaired) electrons. The van der Waals surface area contributed by atoms with Gasteiger partial charge in [0, 0.05) is 12.6 Å². The first-order valence-electron chi connectivity index (χ1n) is 5.90. The fourth-order valence-electron chi connectivity index (χ4n) is 2.03. The summed E-state index contributed by atoms with van der Waals surface area (Å²) in [6.07, 6.45) is 4.34. The van der Waals surface area contributed by atoms with Gasteiger partial charge in [0.15, 0.2) is 0 Å². The average molecular weight is 212 g/mol. The fourth-order valence-corrected chi connectivity index (χ4v) is 2.03. The maximum Gasteiger partial charge on any atom is 0.234 e. The lowest BCUT2D eigenvalue weighted by molar-refractivity contribution is -0.122. The van der Waals surface area contributed by atoms with E-state index in [2.05, 4.69) is 10.2 Å². The Balaban J connectivity index is 1.64. The van der Waals surface area contributed by atoms with E-state index in [1.165, 1.54) is 0 Å². The first-order valence-corrected chi connectivity index (χ1v) is 5.90. The molecule has 1 saturated carbocycles. The van der Waals surface area contributed by atoms with Crippen molar-refractivity contribution in [2.24, 2.45) is 5.92 Å². The Morgan fingerprint density at radius 2 is 1.93 bits per heavy atom. The van der Waals surface area contributed by atoms with E-state index in [4.69, 9.17) is 5.11 Å². The van der Waals surface area contributed by atoms with Crippen molar-refractivity contribution >= 4 is 5.91 Å². The molecule has 1 heterocycles. The van der Waals surface area contributed by atoms with Gasteiger partial charge in [-0.15, -0.1) is 0 Å². The average Bonchev–Trinajstić information content (AvgIpc) is 3.03. The number of aliphatic hydroxyl groups excluding tert-OH is 1. The third-order valence-corrected chi connectivity index (χ3v) is 3.28. The number of carbonyl (C=O) groups excluding carboxylic acids is 1. The number of hydrogen-bond donors (Lipinski definition) is 2. The molecule has 1 amide bonds. The third-order valence-electron chi connectivity index (χ3n) is 3.28. The van der Waals surface area contributed by atoms with Crippen molar-refractivity contribution < 1.29 is 9.90 Å². The lowest BCUT2D eigenvalue weighted by Gasteiger charge is -2.30. The SMILES string of the molecule is O=C(CN1CCC(CO)CC1)NC1CC1. The molecule has 4 heteroatoms. The van der Waals surface area contributed by atoms with Crippen molar-refractivity contribution in [1.82, 2.24) is 10.2 Å². The zero-order valence-corrected chi connectivity index (χ0v) is 9.11. The van der Waals surface area contributed by atoms with E-state index in [-0.39, 0.29) is 5.91 Å². The number of piperidine rings is 1. The molecule has 86 valence electrons. The summed E-state index contributed by atoms with van der Waals surface area (Å²) in [6.45, 7) is 2.73. The van der Waals surface area contributed by atoms with Gasteiger partial charge in [-0.3, -0.25) is 9.69 Å². The zero-order chi connectivity index (χ0) is 10.7. The van der Waals surface area contributed by atoms with E-state index >= 15 is 0 Å². The summed E-state index contributed by atoms with van der Waals surface area (Å²) in [5, 5.41) is 12.0. The van der Waals surface area contributed by atoms with Crippen LogP contribution in [-0.2, 0) is 4.79 Å². The zero-order valence-electron chi connectivity index (χ0n) is 9.11. The Bertz CT molecular complexity index is 221. The van der Waals surface area contributed by atoms with Gasteiger partial charge >= 0.3 is 0 Å². The van der Waals surface area contributed by atoms with Crippen molar-refractivity contribution in [1.29, 1.82) is 0 Å². The van der Waals surface area contributed by atoms with Crippen molar-refractivity contribution in [3.05, 3.63) is 0 Å². The first-order chi connectivity index (χ1) is 7.28. The minimum absolute atomic E-state index is 0.167. The quantitative estimate of drug-likeness (QED) is 0.688. The second kappa shape index (κ2) is 4.94. The van der Waals surface area contributed by atoms with Crippen LogP contribution in [0, 0.1) is 5.92 Å². The predicted octanol–water partition coefficient (Wildman–Crippen LogP) is -0.0307. The van der Waals surface area contributed by atoms with Crippen LogP contribution in [0.4, 0.5) is 0 Å². The second-order valence-corrected chi connectivity index (χ2v) is 4.74. The van der Waals surface area contributed by atoms with Crippen molar-refractivity contribution in [2.45, 2.75) is 31.7 Å². The lowest BCUT2D eigenvalue weighted by atomic mass is 9.98. The molecule has 0 spiro atoms. The first kappa shape index (κ1) is 10.9. The Morgan fingerprint density at radius 3 is 2.47 bits per heavy atom. The summed E-state index contributed by atoms with van der Waals surface area (Å²) in [4.78, 5) is 13.7. The molecule has 1 saturated heterocycles. The monoisotopic (exact) mass is 212 g/mol. The minimum atomic E-state index is 0.167. The minimum Gasteiger partial charge on any atom is -0.396 e. The van der Waals surface area contributed by atoms with Crippen LogP contribution in [-0.4, -0.2) is 48.2 Å². The van der Waals surface area contributed by atoms with Crippen LogP contribution in [0.3, 0.4) is 0 Å². The van der Waals surface area contributed by atoms with E-state index < -0.39 is 0 Å². The Hall–Kier alpha value is -0.610. The fraction of sp³-hybridized carbons (Fsp3) is 0.909. The molecular weight excluding hydrogens is 192 g/mol. The van der Waals surface area contributed by atoms with Crippen molar-refractivity contribution in [3.8, 4) is 0 Å². The van der Waals surface area contributed by atoms with Crippen LogP contribution < -0.4 is 5.32 Å². The summed E-state index contributed by atoms with van der Waals surface area (Å²) in [6, 6.07) is 0.465. The highest BCUT2D eigenvalue weighted by Gasteiger charge is 2.25. The van der Waals surface area contributed by atoms with Crippen LogP contribution >= 0.6 is 0 Å². The van der Waals surface area contributed by atoms with Gasteiger partial charge in [-0.05, 0) is 44.7 Å². The van der Waals surface area contributed by atoms with E-state index in [0.717, 1.165) is 38.8 Å². The van der Waals surface area contributed by atoms with Crippen molar-refractivity contribution in [3.63, 3.8) is 0 Å².